The number of fused-ring (bicyclic) bond motifs is 1. The van der Waals surface area contributed by atoms with Gasteiger partial charge in [-0.1, -0.05) is 26.0 Å². The third-order valence-electron chi connectivity index (χ3n) is 5.73. The summed E-state index contributed by atoms with van der Waals surface area (Å²) in [6.45, 7) is 3.86. The smallest absolute Gasteiger partial charge is 0.296 e. The number of aliphatic hydroxyl groups excluding tert-OH is 1. The van der Waals surface area contributed by atoms with E-state index in [4.69, 9.17) is 4.74 Å². The minimum absolute atomic E-state index is 0.0809. The highest BCUT2D eigenvalue weighted by atomic mass is 16.5. The van der Waals surface area contributed by atoms with Gasteiger partial charge in [0.15, 0.2) is 11.5 Å². The van der Waals surface area contributed by atoms with E-state index in [0.717, 1.165) is 5.69 Å². The number of carbonyl (C=O) groups excluding carboxylic acids is 2. The molecule has 1 unspecified atom stereocenters. The molecule has 4 rings (SSSR count). The number of aromatic amines is 1. The van der Waals surface area contributed by atoms with E-state index in [2.05, 4.69) is 9.97 Å². The first-order chi connectivity index (χ1) is 15.7. The summed E-state index contributed by atoms with van der Waals surface area (Å²) in [4.78, 5) is 37.4. The van der Waals surface area contributed by atoms with Crippen molar-refractivity contribution in [1.82, 2.24) is 9.97 Å². The number of hydrogen-bond donors (Lipinski definition) is 2. The number of nitrogens with one attached hydrogen (secondary N) is 1. The number of rotatable bonds is 7. The number of aromatic nitrogens is 2. The van der Waals surface area contributed by atoms with Crippen molar-refractivity contribution in [2.24, 2.45) is 5.92 Å². The molecule has 1 aromatic heterocycles. The number of ketones is 1. The molecule has 2 N–H and O–H groups in total. The minimum atomic E-state index is -0.789. The van der Waals surface area contributed by atoms with Gasteiger partial charge in [0.1, 0.15) is 5.75 Å². The summed E-state index contributed by atoms with van der Waals surface area (Å²) in [6, 6.07) is 12.1. The van der Waals surface area contributed by atoms with Crippen LogP contribution in [0.25, 0.3) is 11.0 Å². The van der Waals surface area contributed by atoms with Crippen LogP contribution in [0.1, 0.15) is 31.9 Å². The number of methoxy groups -OCH3 is 1. The number of Topliss-reactive ketones (excluding diaryl/α,β-unsaturated/α-hetero) is 1. The van der Waals surface area contributed by atoms with Gasteiger partial charge >= 0.3 is 0 Å². The standard InChI is InChI=1S/C25H28N4O4/c1-14(2)12-20(30)21-22(15-6-8-16(9-7-15)28(3)4)29(24(32)23(21)31)25-26-18-11-10-17(33-5)13-19(18)27-25/h6-11,13-14,22,31H,12H2,1-5H3,(H,26,27). The molecule has 1 aliphatic rings. The van der Waals surface area contributed by atoms with Crippen molar-refractivity contribution in [3.63, 3.8) is 0 Å². The molecule has 1 atom stereocenters. The maximum Gasteiger partial charge on any atom is 0.296 e. The van der Waals surface area contributed by atoms with E-state index in [9.17, 15) is 14.7 Å². The number of amides is 1. The quantitative estimate of drug-likeness (QED) is 0.563. The predicted molar refractivity (Wildman–Crippen MR) is 128 cm³/mol. The van der Waals surface area contributed by atoms with Crippen molar-refractivity contribution < 1.29 is 19.4 Å². The second-order valence-corrected chi connectivity index (χ2v) is 8.79. The number of imidazole rings is 1. The number of ether oxygens (including phenoxy) is 1. The van der Waals surface area contributed by atoms with E-state index in [1.54, 1.807) is 25.3 Å². The molecule has 0 saturated carbocycles. The zero-order valence-electron chi connectivity index (χ0n) is 19.4. The van der Waals surface area contributed by atoms with E-state index in [-0.39, 0.29) is 29.6 Å². The lowest BCUT2D eigenvalue weighted by atomic mass is 9.92. The van der Waals surface area contributed by atoms with Crippen LogP contribution in [0.5, 0.6) is 5.75 Å². The van der Waals surface area contributed by atoms with Crippen molar-refractivity contribution in [2.45, 2.75) is 26.3 Å². The van der Waals surface area contributed by atoms with Crippen LogP contribution in [-0.4, -0.2) is 48.0 Å². The van der Waals surface area contributed by atoms with Crippen molar-refractivity contribution in [3.05, 3.63) is 59.4 Å². The molecule has 8 nitrogen and oxygen atoms in total. The number of benzene rings is 2. The Labute approximate surface area is 192 Å². The summed E-state index contributed by atoms with van der Waals surface area (Å²) in [6.07, 6.45) is 0.226. The zero-order chi connectivity index (χ0) is 23.9. The third-order valence-corrected chi connectivity index (χ3v) is 5.73. The van der Waals surface area contributed by atoms with E-state index >= 15 is 0 Å². The molecule has 0 saturated heterocycles. The van der Waals surface area contributed by atoms with Crippen molar-refractivity contribution in [3.8, 4) is 5.75 Å². The summed E-state index contributed by atoms with van der Waals surface area (Å²) < 4.78 is 5.28. The average molecular weight is 449 g/mol. The predicted octanol–water partition coefficient (Wildman–Crippen LogP) is 4.15. The van der Waals surface area contributed by atoms with Gasteiger partial charge in [0.25, 0.3) is 5.91 Å². The fraction of sp³-hybridized carbons (Fsp3) is 0.320. The molecule has 0 spiro atoms. The van der Waals surface area contributed by atoms with Gasteiger partial charge in [-0.2, -0.15) is 0 Å². The Kier molecular flexibility index (Phi) is 5.84. The first-order valence-corrected chi connectivity index (χ1v) is 10.8. The largest absolute Gasteiger partial charge is 0.503 e. The molecule has 3 aromatic rings. The van der Waals surface area contributed by atoms with E-state index < -0.39 is 17.7 Å². The van der Waals surface area contributed by atoms with Gasteiger partial charge in [0.2, 0.25) is 5.95 Å². The molecule has 2 aromatic carbocycles. The topological polar surface area (TPSA) is 98.8 Å². The Morgan fingerprint density at radius 2 is 1.91 bits per heavy atom. The van der Waals surface area contributed by atoms with Gasteiger partial charge in [-0.3, -0.25) is 14.5 Å². The maximum absolute atomic E-state index is 13.2. The van der Waals surface area contributed by atoms with Crippen LogP contribution >= 0.6 is 0 Å². The van der Waals surface area contributed by atoms with Gasteiger partial charge < -0.3 is 19.7 Å². The highest BCUT2D eigenvalue weighted by Crippen LogP contribution is 2.41. The van der Waals surface area contributed by atoms with Crippen molar-refractivity contribution in [1.29, 1.82) is 0 Å². The van der Waals surface area contributed by atoms with E-state index in [1.165, 1.54) is 4.90 Å². The minimum Gasteiger partial charge on any atom is -0.503 e. The van der Waals surface area contributed by atoms with Crippen LogP contribution < -0.4 is 14.5 Å². The Bertz CT molecular complexity index is 1240. The Morgan fingerprint density at radius 1 is 1.21 bits per heavy atom. The van der Waals surface area contributed by atoms with Crippen LogP contribution in [0.4, 0.5) is 11.6 Å². The molecule has 2 heterocycles. The lowest BCUT2D eigenvalue weighted by molar-refractivity contribution is -0.118. The monoisotopic (exact) mass is 448 g/mol. The molecule has 8 heteroatoms. The number of aliphatic hydroxyl groups is 1. The molecular weight excluding hydrogens is 420 g/mol. The fourth-order valence-electron chi connectivity index (χ4n) is 4.08. The molecule has 172 valence electrons. The van der Waals surface area contributed by atoms with Gasteiger partial charge in [-0.15, -0.1) is 0 Å². The molecule has 1 amide bonds. The average Bonchev–Trinajstić information content (AvgIpc) is 3.31. The molecular formula is C25H28N4O4. The van der Waals surface area contributed by atoms with Crippen LogP contribution in [0.2, 0.25) is 0 Å². The lowest BCUT2D eigenvalue weighted by Gasteiger charge is -2.25. The molecule has 0 aliphatic carbocycles. The summed E-state index contributed by atoms with van der Waals surface area (Å²) in [5.41, 5.74) is 3.11. The summed E-state index contributed by atoms with van der Waals surface area (Å²) in [5, 5.41) is 10.8. The summed E-state index contributed by atoms with van der Waals surface area (Å²) in [5.74, 6) is -0.454. The van der Waals surface area contributed by atoms with E-state index in [0.29, 0.717) is 22.3 Å². The highest BCUT2D eigenvalue weighted by molar-refractivity contribution is 6.16. The third kappa shape index (κ3) is 4.04. The van der Waals surface area contributed by atoms with Crippen molar-refractivity contribution >= 4 is 34.4 Å². The molecule has 0 bridgehead atoms. The van der Waals surface area contributed by atoms with Crippen LogP contribution in [-0.2, 0) is 9.59 Å². The fourth-order valence-corrected chi connectivity index (χ4v) is 4.08. The number of nitrogens with zero attached hydrogens (tertiary/aromatic N) is 3. The first-order valence-electron chi connectivity index (χ1n) is 10.8. The molecule has 33 heavy (non-hydrogen) atoms. The molecule has 0 radical (unpaired) electrons. The Balaban J connectivity index is 1.84. The van der Waals surface area contributed by atoms with Crippen LogP contribution in [0.15, 0.2) is 53.8 Å². The zero-order valence-corrected chi connectivity index (χ0v) is 19.4. The Hall–Kier alpha value is -3.81. The highest BCUT2D eigenvalue weighted by Gasteiger charge is 2.45. The molecule has 1 aliphatic heterocycles. The number of anilines is 2. The number of carbonyl (C=O) groups is 2. The van der Waals surface area contributed by atoms with Crippen LogP contribution in [0.3, 0.4) is 0 Å². The van der Waals surface area contributed by atoms with E-state index in [1.807, 2.05) is 57.1 Å². The second-order valence-electron chi connectivity index (χ2n) is 8.79. The normalized spacial score (nSPS) is 16.2. The first kappa shape index (κ1) is 22.4. The van der Waals surface area contributed by atoms with Gasteiger partial charge in [0.05, 0.1) is 29.8 Å². The second kappa shape index (κ2) is 8.61. The Morgan fingerprint density at radius 3 is 2.52 bits per heavy atom. The number of hydrogen-bond acceptors (Lipinski definition) is 6. The summed E-state index contributed by atoms with van der Waals surface area (Å²) in [7, 11) is 5.45. The lowest BCUT2D eigenvalue weighted by Crippen LogP contribution is -2.32. The maximum atomic E-state index is 13.2. The summed E-state index contributed by atoms with van der Waals surface area (Å²) >= 11 is 0. The van der Waals surface area contributed by atoms with Gasteiger partial charge in [-0.05, 0) is 35.7 Å². The van der Waals surface area contributed by atoms with Crippen LogP contribution in [0, 0.1) is 5.92 Å². The number of H-pyrrole nitrogens is 1. The van der Waals surface area contributed by atoms with Gasteiger partial charge in [0, 0.05) is 32.3 Å². The van der Waals surface area contributed by atoms with Crippen molar-refractivity contribution in [2.75, 3.05) is 31.0 Å². The molecule has 0 fully saturated rings. The van der Waals surface area contributed by atoms with Gasteiger partial charge in [-0.25, -0.2) is 4.98 Å². The SMILES string of the molecule is COc1ccc2nc(N3C(=O)C(O)=C(C(=O)CC(C)C)C3c3ccc(N(C)C)cc3)[nH]c2c1.